The third-order valence-electron chi connectivity index (χ3n) is 4.27. The minimum atomic E-state index is 0.153. The summed E-state index contributed by atoms with van der Waals surface area (Å²) in [5, 5.41) is 2.92. The van der Waals surface area contributed by atoms with Crippen molar-refractivity contribution in [3.63, 3.8) is 0 Å². The predicted molar refractivity (Wildman–Crippen MR) is 69.7 cm³/mol. The van der Waals surface area contributed by atoms with Crippen molar-refractivity contribution < 1.29 is 4.79 Å². The molecule has 2 saturated carbocycles. The van der Waals surface area contributed by atoms with Crippen molar-refractivity contribution >= 4 is 11.7 Å². The molecule has 0 saturated heterocycles. The van der Waals surface area contributed by atoms with Crippen molar-refractivity contribution in [2.24, 2.45) is 23.5 Å². The van der Waals surface area contributed by atoms with Gasteiger partial charge in [0.25, 0.3) is 0 Å². The Morgan fingerprint density at radius 3 is 2.61 bits per heavy atom. The van der Waals surface area contributed by atoms with Gasteiger partial charge in [-0.25, -0.2) is 4.98 Å². The SMILES string of the molecule is NCc1ccc(NC(=O)C2C3CCCCC32)nc1. The van der Waals surface area contributed by atoms with Crippen molar-refractivity contribution in [3.8, 4) is 0 Å². The van der Waals surface area contributed by atoms with E-state index in [1.165, 1.54) is 25.7 Å². The Bertz CT molecular complexity index is 431. The van der Waals surface area contributed by atoms with Crippen LogP contribution in [0.1, 0.15) is 31.2 Å². The summed E-state index contributed by atoms with van der Waals surface area (Å²) in [6.45, 7) is 0.480. The molecule has 0 bridgehead atoms. The summed E-state index contributed by atoms with van der Waals surface area (Å²) in [4.78, 5) is 16.3. The summed E-state index contributed by atoms with van der Waals surface area (Å²) in [6, 6.07) is 3.73. The molecule has 2 atom stereocenters. The van der Waals surface area contributed by atoms with E-state index in [-0.39, 0.29) is 11.8 Å². The molecule has 18 heavy (non-hydrogen) atoms. The highest BCUT2D eigenvalue weighted by molar-refractivity contribution is 5.94. The van der Waals surface area contributed by atoms with Crippen LogP contribution in [0.2, 0.25) is 0 Å². The number of hydrogen-bond acceptors (Lipinski definition) is 3. The van der Waals surface area contributed by atoms with Gasteiger partial charge >= 0.3 is 0 Å². The van der Waals surface area contributed by atoms with Gasteiger partial charge < -0.3 is 11.1 Å². The van der Waals surface area contributed by atoms with E-state index < -0.39 is 0 Å². The highest BCUT2D eigenvalue weighted by Crippen LogP contribution is 2.55. The number of nitrogens with one attached hydrogen (secondary N) is 1. The number of amides is 1. The van der Waals surface area contributed by atoms with Crippen LogP contribution in [0, 0.1) is 17.8 Å². The van der Waals surface area contributed by atoms with E-state index in [2.05, 4.69) is 10.3 Å². The summed E-state index contributed by atoms with van der Waals surface area (Å²) in [7, 11) is 0. The van der Waals surface area contributed by atoms with E-state index in [0.29, 0.717) is 24.2 Å². The van der Waals surface area contributed by atoms with Gasteiger partial charge in [-0.15, -0.1) is 0 Å². The van der Waals surface area contributed by atoms with Crippen molar-refractivity contribution in [1.82, 2.24) is 4.98 Å². The number of aromatic nitrogens is 1. The van der Waals surface area contributed by atoms with Gasteiger partial charge in [-0.2, -0.15) is 0 Å². The molecule has 3 N–H and O–H groups in total. The Labute approximate surface area is 107 Å². The molecule has 4 nitrogen and oxygen atoms in total. The number of anilines is 1. The maximum atomic E-state index is 12.1. The molecule has 0 radical (unpaired) electrons. The van der Waals surface area contributed by atoms with Crippen LogP contribution in [0.25, 0.3) is 0 Å². The summed E-state index contributed by atoms with van der Waals surface area (Å²) in [5.41, 5.74) is 6.49. The highest BCUT2D eigenvalue weighted by atomic mass is 16.2. The average molecular weight is 245 g/mol. The van der Waals surface area contributed by atoms with Gasteiger partial charge in [-0.05, 0) is 36.3 Å². The Kier molecular flexibility index (Phi) is 3.04. The molecule has 0 aromatic carbocycles. The lowest BCUT2D eigenvalue weighted by Crippen LogP contribution is -2.16. The largest absolute Gasteiger partial charge is 0.326 e. The van der Waals surface area contributed by atoms with E-state index >= 15 is 0 Å². The smallest absolute Gasteiger partial charge is 0.229 e. The zero-order chi connectivity index (χ0) is 12.5. The zero-order valence-corrected chi connectivity index (χ0v) is 10.4. The van der Waals surface area contributed by atoms with E-state index in [1.54, 1.807) is 6.20 Å². The van der Waals surface area contributed by atoms with Crippen molar-refractivity contribution in [3.05, 3.63) is 23.9 Å². The van der Waals surface area contributed by atoms with Gasteiger partial charge in [0.05, 0.1) is 0 Å². The van der Waals surface area contributed by atoms with Crippen LogP contribution >= 0.6 is 0 Å². The van der Waals surface area contributed by atoms with Crippen LogP contribution < -0.4 is 11.1 Å². The molecule has 0 spiro atoms. The van der Waals surface area contributed by atoms with E-state index in [9.17, 15) is 4.79 Å². The first kappa shape index (κ1) is 11.7. The standard InChI is InChI=1S/C14H19N3O/c15-7-9-5-6-12(16-8-9)17-14(18)13-10-3-1-2-4-11(10)13/h5-6,8,10-11,13H,1-4,7,15H2,(H,16,17,18). The molecule has 2 fully saturated rings. The van der Waals surface area contributed by atoms with Crippen LogP contribution in [-0.2, 0) is 11.3 Å². The van der Waals surface area contributed by atoms with E-state index in [0.717, 1.165) is 5.56 Å². The lowest BCUT2D eigenvalue weighted by atomic mass is 10.0. The molecule has 0 aliphatic heterocycles. The first-order valence-corrected chi connectivity index (χ1v) is 6.75. The van der Waals surface area contributed by atoms with Crippen LogP contribution in [0.15, 0.2) is 18.3 Å². The molecular formula is C14H19N3O. The van der Waals surface area contributed by atoms with Gasteiger partial charge in [0.2, 0.25) is 5.91 Å². The fourth-order valence-electron chi connectivity index (χ4n) is 3.21. The predicted octanol–water partition coefficient (Wildman–Crippen LogP) is 1.91. The van der Waals surface area contributed by atoms with Crippen LogP contribution in [-0.4, -0.2) is 10.9 Å². The Balaban J connectivity index is 1.60. The quantitative estimate of drug-likeness (QED) is 0.854. The first-order chi connectivity index (χ1) is 8.79. The van der Waals surface area contributed by atoms with Gasteiger partial charge in [0, 0.05) is 18.7 Å². The van der Waals surface area contributed by atoms with E-state index in [4.69, 9.17) is 5.73 Å². The zero-order valence-electron chi connectivity index (χ0n) is 10.4. The molecular weight excluding hydrogens is 226 g/mol. The second-order valence-electron chi connectivity index (χ2n) is 5.38. The molecule has 2 aliphatic rings. The monoisotopic (exact) mass is 245 g/mol. The highest BCUT2D eigenvalue weighted by Gasteiger charge is 2.54. The third kappa shape index (κ3) is 2.12. The van der Waals surface area contributed by atoms with Gasteiger partial charge in [-0.1, -0.05) is 18.9 Å². The lowest BCUT2D eigenvalue weighted by Gasteiger charge is -2.04. The minimum Gasteiger partial charge on any atom is -0.326 e. The minimum absolute atomic E-state index is 0.153. The fourth-order valence-corrected chi connectivity index (χ4v) is 3.21. The number of pyridine rings is 1. The van der Waals surface area contributed by atoms with Crippen molar-refractivity contribution in [2.45, 2.75) is 32.2 Å². The fraction of sp³-hybridized carbons (Fsp3) is 0.571. The summed E-state index contributed by atoms with van der Waals surface area (Å²) >= 11 is 0. The summed E-state index contributed by atoms with van der Waals surface area (Å²) < 4.78 is 0. The topological polar surface area (TPSA) is 68.0 Å². The molecule has 3 rings (SSSR count). The van der Waals surface area contributed by atoms with Crippen molar-refractivity contribution in [1.29, 1.82) is 0 Å². The second kappa shape index (κ2) is 4.69. The maximum Gasteiger partial charge on any atom is 0.229 e. The third-order valence-corrected chi connectivity index (χ3v) is 4.27. The Morgan fingerprint density at radius 1 is 1.33 bits per heavy atom. The van der Waals surface area contributed by atoms with Gasteiger partial charge in [-0.3, -0.25) is 4.79 Å². The molecule has 1 amide bonds. The normalized spacial score (nSPS) is 29.5. The molecule has 1 aromatic rings. The van der Waals surface area contributed by atoms with Crippen molar-refractivity contribution in [2.75, 3.05) is 5.32 Å². The summed E-state index contributed by atoms with van der Waals surface area (Å²) in [5.74, 6) is 2.31. The number of carbonyl (C=O) groups is 1. The maximum absolute atomic E-state index is 12.1. The van der Waals surface area contributed by atoms with Crippen LogP contribution in [0.5, 0.6) is 0 Å². The van der Waals surface area contributed by atoms with Crippen LogP contribution in [0.4, 0.5) is 5.82 Å². The Hall–Kier alpha value is -1.42. The molecule has 1 aromatic heterocycles. The second-order valence-corrected chi connectivity index (χ2v) is 5.38. The molecule has 96 valence electrons. The Morgan fingerprint density at radius 2 is 2.06 bits per heavy atom. The number of hydrogen-bond donors (Lipinski definition) is 2. The molecule has 2 unspecified atom stereocenters. The number of carbonyl (C=O) groups excluding carboxylic acids is 1. The number of nitrogens with two attached hydrogens (primary N) is 1. The number of nitrogens with zero attached hydrogens (tertiary/aromatic N) is 1. The first-order valence-electron chi connectivity index (χ1n) is 6.75. The van der Waals surface area contributed by atoms with Gasteiger partial charge in [0.1, 0.15) is 5.82 Å². The lowest BCUT2D eigenvalue weighted by molar-refractivity contribution is -0.117. The summed E-state index contributed by atoms with van der Waals surface area (Å²) in [6.07, 6.45) is 6.74. The molecule has 1 heterocycles. The molecule has 4 heteroatoms. The number of fused-ring (bicyclic) bond motifs is 1. The average Bonchev–Trinajstić information content (AvgIpc) is 3.14. The van der Waals surface area contributed by atoms with E-state index in [1.807, 2.05) is 12.1 Å². The van der Waals surface area contributed by atoms with Crippen LogP contribution in [0.3, 0.4) is 0 Å². The number of rotatable bonds is 3. The van der Waals surface area contributed by atoms with Gasteiger partial charge in [0.15, 0.2) is 0 Å². The molecule has 2 aliphatic carbocycles.